The maximum Gasteiger partial charge on any atom is 0.232 e. The average Bonchev–Trinajstić information content (AvgIpc) is 2.17. The number of imide groups is 1. The minimum absolute atomic E-state index is 0.209. The molecule has 0 spiro atoms. The number of benzene rings is 1. The number of piperidine rings is 1. The van der Waals surface area contributed by atoms with Crippen molar-refractivity contribution in [2.24, 2.45) is 4.99 Å². The molecule has 2 rings (SSSR count). The third kappa shape index (κ3) is 2.49. The number of carbonyl (C=O) groups is 2. The summed E-state index contributed by atoms with van der Waals surface area (Å²) in [6.45, 7) is 0. The van der Waals surface area contributed by atoms with Gasteiger partial charge in [-0.2, -0.15) is 0 Å². The van der Waals surface area contributed by atoms with Crippen LogP contribution in [-0.4, -0.2) is 17.5 Å². The van der Waals surface area contributed by atoms with Crippen molar-refractivity contribution >= 4 is 23.2 Å². The van der Waals surface area contributed by atoms with Gasteiger partial charge >= 0.3 is 0 Å². The molecular weight excluding hydrogens is 192 g/mol. The molecule has 1 N–H and O–H groups in total. The van der Waals surface area contributed by atoms with Gasteiger partial charge in [-0.3, -0.25) is 19.9 Å². The highest BCUT2D eigenvalue weighted by Gasteiger charge is 2.20. The lowest BCUT2D eigenvalue weighted by molar-refractivity contribution is -0.130. The Morgan fingerprint density at radius 3 is 2.20 bits per heavy atom. The predicted molar refractivity (Wildman–Crippen MR) is 55.9 cm³/mol. The van der Waals surface area contributed by atoms with Crippen molar-refractivity contribution in [1.82, 2.24) is 5.32 Å². The molecule has 1 fully saturated rings. The molecule has 0 saturated carbocycles. The molecular formula is C11H10N2O2. The fourth-order valence-corrected chi connectivity index (χ4v) is 1.44. The summed E-state index contributed by atoms with van der Waals surface area (Å²) in [6.07, 6.45) is 0.418. The number of aliphatic imine (C=N–C) groups is 1. The van der Waals surface area contributed by atoms with E-state index in [0.29, 0.717) is 5.71 Å². The van der Waals surface area contributed by atoms with E-state index in [1.165, 1.54) is 0 Å². The number of amides is 2. The first-order chi connectivity index (χ1) is 7.24. The van der Waals surface area contributed by atoms with E-state index >= 15 is 0 Å². The van der Waals surface area contributed by atoms with E-state index in [4.69, 9.17) is 0 Å². The first-order valence-electron chi connectivity index (χ1n) is 4.68. The highest BCUT2D eigenvalue weighted by Crippen LogP contribution is 2.13. The summed E-state index contributed by atoms with van der Waals surface area (Å²) in [5, 5.41) is 2.24. The van der Waals surface area contributed by atoms with Crippen LogP contribution in [0.4, 0.5) is 5.69 Å². The summed E-state index contributed by atoms with van der Waals surface area (Å²) in [6, 6.07) is 9.30. The van der Waals surface area contributed by atoms with Gasteiger partial charge in [0.1, 0.15) is 0 Å². The second-order valence-electron chi connectivity index (χ2n) is 3.34. The summed E-state index contributed by atoms with van der Waals surface area (Å²) in [7, 11) is 0. The van der Waals surface area contributed by atoms with Crippen LogP contribution in [-0.2, 0) is 9.59 Å². The van der Waals surface area contributed by atoms with Crippen molar-refractivity contribution in [3.05, 3.63) is 30.3 Å². The summed E-state index contributed by atoms with van der Waals surface area (Å²) in [5.41, 5.74) is 1.39. The molecule has 0 bridgehead atoms. The number of rotatable bonds is 1. The molecule has 1 aromatic rings. The van der Waals surface area contributed by atoms with Crippen LogP contribution < -0.4 is 5.32 Å². The number of hydrogen-bond acceptors (Lipinski definition) is 3. The fourth-order valence-electron chi connectivity index (χ4n) is 1.44. The van der Waals surface area contributed by atoms with E-state index in [1.54, 1.807) is 0 Å². The van der Waals surface area contributed by atoms with Crippen LogP contribution >= 0.6 is 0 Å². The zero-order chi connectivity index (χ0) is 10.7. The van der Waals surface area contributed by atoms with Crippen molar-refractivity contribution in [2.45, 2.75) is 12.8 Å². The van der Waals surface area contributed by atoms with Gasteiger partial charge in [-0.25, -0.2) is 0 Å². The second kappa shape index (κ2) is 4.04. The Hall–Kier alpha value is -1.97. The molecule has 76 valence electrons. The van der Waals surface area contributed by atoms with Crippen molar-refractivity contribution in [3.8, 4) is 0 Å². The normalized spacial score (nSPS) is 16.1. The van der Waals surface area contributed by atoms with Gasteiger partial charge in [-0.15, -0.1) is 0 Å². The standard InChI is InChI=1S/C11H10N2O2/c14-10-6-9(7-11(15)13-10)12-8-4-2-1-3-5-8/h1-5H,6-7H2,(H,13,14,15). The molecule has 0 unspecified atom stereocenters. The van der Waals surface area contributed by atoms with E-state index in [1.807, 2.05) is 30.3 Å². The largest absolute Gasteiger partial charge is 0.296 e. The predicted octanol–water partition coefficient (Wildman–Crippen LogP) is 1.20. The first kappa shape index (κ1) is 9.58. The van der Waals surface area contributed by atoms with Crippen LogP contribution in [0.3, 0.4) is 0 Å². The van der Waals surface area contributed by atoms with E-state index in [0.717, 1.165) is 5.69 Å². The second-order valence-corrected chi connectivity index (χ2v) is 3.34. The summed E-state index contributed by atoms with van der Waals surface area (Å²) >= 11 is 0. The summed E-state index contributed by atoms with van der Waals surface area (Å²) in [5.74, 6) is -0.554. The maximum atomic E-state index is 11.1. The van der Waals surface area contributed by atoms with Crippen LogP contribution in [0.5, 0.6) is 0 Å². The van der Waals surface area contributed by atoms with Crippen molar-refractivity contribution < 1.29 is 9.59 Å². The molecule has 1 aliphatic heterocycles. The van der Waals surface area contributed by atoms with Gasteiger partial charge < -0.3 is 0 Å². The number of para-hydroxylation sites is 1. The molecule has 1 aliphatic rings. The van der Waals surface area contributed by atoms with Crippen LogP contribution in [0.1, 0.15) is 12.8 Å². The minimum atomic E-state index is -0.277. The van der Waals surface area contributed by atoms with Crippen molar-refractivity contribution in [3.63, 3.8) is 0 Å². The van der Waals surface area contributed by atoms with Crippen molar-refractivity contribution in [1.29, 1.82) is 0 Å². The van der Waals surface area contributed by atoms with Gasteiger partial charge in [-0.1, -0.05) is 18.2 Å². The molecule has 0 aromatic heterocycles. The molecule has 4 nitrogen and oxygen atoms in total. The molecule has 1 heterocycles. The van der Waals surface area contributed by atoms with Crippen LogP contribution in [0.15, 0.2) is 35.3 Å². The molecule has 1 saturated heterocycles. The maximum absolute atomic E-state index is 11.1. The van der Waals surface area contributed by atoms with E-state index in [2.05, 4.69) is 10.3 Å². The van der Waals surface area contributed by atoms with Gasteiger partial charge in [0, 0.05) is 5.71 Å². The number of hydrogen-bond donors (Lipinski definition) is 1. The van der Waals surface area contributed by atoms with Crippen LogP contribution in [0.25, 0.3) is 0 Å². The van der Waals surface area contributed by atoms with Crippen molar-refractivity contribution in [2.75, 3.05) is 0 Å². The van der Waals surface area contributed by atoms with Crippen LogP contribution in [0.2, 0.25) is 0 Å². The van der Waals surface area contributed by atoms with Gasteiger partial charge in [0.05, 0.1) is 18.5 Å². The lowest BCUT2D eigenvalue weighted by Gasteiger charge is -2.12. The Morgan fingerprint density at radius 1 is 1.00 bits per heavy atom. The Labute approximate surface area is 87.0 Å². The number of carbonyl (C=O) groups excluding carboxylic acids is 2. The molecule has 0 radical (unpaired) electrons. The third-order valence-corrected chi connectivity index (χ3v) is 2.05. The first-order valence-corrected chi connectivity index (χ1v) is 4.68. The smallest absolute Gasteiger partial charge is 0.232 e. The van der Waals surface area contributed by atoms with Gasteiger partial charge in [0.25, 0.3) is 0 Å². The lowest BCUT2D eigenvalue weighted by atomic mass is 10.1. The van der Waals surface area contributed by atoms with E-state index < -0.39 is 0 Å². The fraction of sp³-hybridized carbons (Fsp3) is 0.182. The third-order valence-electron chi connectivity index (χ3n) is 2.05. The lowest BCUT2D eigenvalue weighted by Crippen LogP contribution is -2.38. The molecule has 4 heteroatoms. The quantitative estimate of drug-likeness (QED) is 0.695. The zero-order valence-electron chi connectivity index (χ0n) is 8.06. The molecule has 1 aromatic carbocycles. The SMILES string of the molecule is O=C1CC(=Nc2ccccc2)CC(=O)N1. The van der Waals surface area contributed by atoms with E-state index in [9.17, 15) is 9.59 Å². The zero-order valence-corrected chi connectivity index (χ0v) is 8.06. The molecule has 15 heavy (non-hydrogen) atoms. The highest BCUT2D eigenvalue weighted by molar-refractivity contribution is 6.18. The molecule has 0 aliphatic carbocycles. The topological polar surface area (TPSA) is 58.5 Å². The Balaban J connectivity index is 2.20. The molecule has 2 amide bonds. The van der Waals surface area contributed by atoms with Gasteiger partial charge in [-0.05, 0) is 12.1 Å². The monoisotopic (exact) mass is 202 g/mol. The number of nitrogens with one attached hydrogen (secondary N) is 1. The van der Waals surface area contributed by atoms with Gasteiger partial charge in [0.15, 0.2) is 0 Å². The van der Waals surface area contributed by atoms with Gasteiger partial charge in [0.2, 0.25) is 11.8 Å². The highest BCUT2D eigenvalue weighted by atomic mass is 16.2. The average molecular weight is 202 g/mol. The Morgan fingerprint density at radius 2 is 1.60 bits per heavy atom. The number of nitrogens with zero attached hydrogens (tertiary/aromatic N) is 1. The van der Waals surface area contributed by atoms with E-state index in [-0.39, 0.29) is 24.7 Å². The Bertz CT molecular complexity index is 405. The minimum Gasteiger partial charge on any atom is -0.296 e. The summed E-state index contributed by atoms with van der Waals surface area (Å²) in [4.78, 5) is 26.4. The van der Waals surface area contributed by atoms with Crippen LogP contribution in [0, 0.1) is 0 Å². The Kier molecular flexibility index (Phi) is 2.58. The molecule has 0 atom stereocenters. The summed E-state index contributed by atoms with van der Waals surface area (Å²) < 4.78 is 0.